The third-order valence-electron chi connectivity index (χ3n) is 3.51. The van der Waals surface area contributed by atoms with Crippen LogP contribution < -0.4 is 4.90 Å². The van der Waals surface area contributed by atoms with Crippen molar-refractivity contribution in [1.82, 2.24) is 0 Å². The van der Waals surface area contributed by atoms with Crippen LogP contribution in [-0.4, -0.2) is 29.8 Å². The Labute approximate surface area is 124 Å². The van der Waals surface area contributed by atoms with Crippen LogP contribution in [-0.2, 0) is 0 Å². The molecule has 0 aliphatic carbocycles. The third-order valence-corrected chi connectivity index (χ3v) is 5.67. The summed E-state index contributed by atoms with van der Waals surface area (Å²) in [6, 6.07) is 8.56. The molecule has 0 bridgehead atoms. The highest BCUT2D eigenvalue weighted by Gasteiger charge is 2.25. The Hall–Kier alpha value is -0.790. The van der Waals surface area contributed by atoms with Crippen LogP contribution in [0.3, 0.4) is 0 Å². The van der Waals surface area contributed by atoms with Gasteiger partial charge in [-0.05, 0) is 24.8 Å². The van der Waals surface area contributed by atoms with E-state index < -0.39 is 0 Å². The van der Waals surface area contributed by atoms with Crippen molar-refractivity contribution in [2.45, 2.75) is 29.9 Å². The lowest BCUT2D eigenvalue weighted by atomic mass is 10.1. The first kappa shape index (κ1) is 14.6. The van der Waals surface area contributed by atoms with Crippen LogP contribution in [0.15, 0.2) is 23.1 Å². The summed E-state index contributed by atoms with van der Waals surface area (Å²) in [4.78, 5) is 3.45. The molecule has 1 aromatic carbocycles. The number of thioether (sulfide) groups is 2. The second-order valence-corrected chi connectivity index (χ2v) is 7.96. The highest BCUT2D eigenvalue weighted by atomic mass is 32.2. The van der Waals surface area contributed by atoms with Crippen molar-refractivity contribution >= 4 is 29.2 Å². The van der Waals surface area contributed by atoms with Gasteiger partial charge in [-0.2, -0.15) is 17.0 Å². The molecule has 2 nitrogen and oxygen atoms in total. The predicted octanol–water partition coefficient (Wildman–Crippen LogP) is 4.00. The number of rotatable bonds is 2. The van der Waals surface area contributed by atoms with E-state index >= 15 is 0 Å². The fourth-order valence-electron chi connectivity index (χ4n) is 2.33. The molecule has 0 atom stereocenters. The topological polar surface area (TPSA) is 27.0 Å². The number of anilines is 1. The molecule has 4 heteroatoms. The number of hydrogen-bond donors (Lipinski definition) is 0. The second-order valence-electron chi connectivity index (χ2n) is 5.31. The Morgan fingerprint density at radius 2 is 2.16 bits per heavy atom. The van der Waals surface area contributed by atoms with Crippen molar-refractivity contribution in [3.8, 4) is 6.07 Å². The largest absolute Gasteiger partial charge is 0.370 e. The zero-order chi connectivity index (χ0) is 13.9. The van der Waals surface area contributed by atoms with Gasteiger partial charge in [-0.1, -0.05) is 19.9 Å². The summed E-state index contributed by atoms with van der Waals surface area (Å²) >= 11 is 3.68. The first-order valence-corrected chi connectivity index (χ1v) is 8.74. The third kappa shape index (κ3) is 3.40. The van der Waals surface area contributed by atoms with Gasteiger partial charge < -0.3 is 4.90 Å². The van der Waals surface area contributed by atoms with Gasteiger partial charge in [0.15, 0.2) is 0 Å². The molecule has 2 rings (SSSR count). The summed E-state index contributed by atoms with van der Waals surface area (Å²) in [5, 5.41) is 9.44. The zero-order valence-electron chi connectivity index (χ0n) is 11.8. The molecule has 1 saturated heterocycles. The average molecular weight is 292 g/mol. The second kappa shape index (κ2) is 6.11. The fraction of sp³-hybridized carbons (Fsp3) is 0.533. The van der Waals surface area contributed by atoms with Crippen LogP contribution in [0.1, 0.15) is 25.8 Å². The van der Waals surface area contributed by atoms with Gasteiger partial charge in [0.2, 0.25) is 0 Å². The summed E-state index contributed by atoms with van der Waals surface area (Å²) in [6.45, 7) is 6.68. The highest BCUT2D eigenvalue weighted by Crippen LogP contribution is 2.35. The molecule has 0 aromatic heterocycles. The molecule has 19 heavy (non-hydrogen) atoms. The quantitative estimate of drug-likeness (QED) is 0.770. The minimum atomic E-state index is 0.346. The van der Waals surface area contributed by atoms with E-state index in [0.29, 0.717) is 4.75 Å². The van der Waals surface area contributed by atoms with Gasteiger partial charge in [-0.25, -0.2) is 0 Å². The standard InChI is InChI=1S/C15H20N2S2/c1-15(2)7-8-17(9-10-19-15)13-5-4-6-14(18-3)12(13)11-16/h4-6H,7-10H2,1-3H3. The minimum absolute atomic E-state index is 0.346. The lowest BCUT2D eigenvalue weighted by Gasteiger charge is -2.25. The summed E-state index contributed by atoms with van der Waals surface area (Å²) in [5.41, 5.74) is 1.94. The molecule has 0 N–H and O–H groups in total. The van der Waals surface area contributed by atoms with Crippen molar-refractivity contribution in [1.29, 1.82) is 5.26 Å². The monoisotopic (exact) mass is 292 g/mol. The van der Waals surface area contributed by atoms with Crippen molar-refractivity contribution in [2.75, 3.05) is 30.0 Å². The number of nitriles is 1. The summed E-state index contributed by atoms with van der Waals surface area (Å²) in [6.07, 6.45) is 3.19. The van der Waals surface area contributed by atoms with Gasteiger partial charge in [-0.3, -0.25) is 0 Å². The highest BCUT2D eigenvalue weighted by molar-refractivity contribution is 8.00. The Bertz CT molecular complexity index is 491. The maximum atomic E-state index is 9.44. The van der Waals surface area contributed by atoms with E-state index in [9.17, 15) is 5.26 Å². The molecule has 102 valence electrons. The number of hydrogen-bond acceptors (Lipinski definition) is 4. The van der Waals surface area contributed by atoms with Gasteiger partial charge >= 0.3 is 0 Å². The van der Waals surface area contributed by atoms with E-state index in [2.05, 4.69) is 36.9 Å². The maximum absolute atomic E-state index is 9.44. The lowest BCUT2D eigenvalue weighted by molar-refractivity contribution is 0.637. The Balaban J connectivity index is 2.29. The van der Waals surface area contributed by atoms with E-state index in [1.54, 1.807) is 11.8 Å². The van der Waals surface area contributed by atoms with Crippen molar-refractivity contribution < 1.29 is 0 Å². The zero-order valence-corrected chi connectivity index (χ0v) is 13.4. The molecule has 1 aliphatic heterocycles. The molecule has 0 saturated carbocycles. The van der Waals surface area contributed by atoms with Crippen LogP contribution in [0.25, 0.3) is 0 Å². The Kier molecular flexibility index (Phi) is 4.70. The van der Waals surface area contributed by atoms with Crippen molar-refractivity contribution in [3.63, 3.8) is 0 Å². The summed E-state index contributed by atoms with van der Waals surface area (Å²) in [5.74, 6) is 1.13. The van der Waals surface area contributed by atoms with E-state index in [0.717, 1.165) is 41.4 Å². The average Bonchev–Trinajstić information content (AvgIpc) is 2.58. The van der Waals surface area contributed by atoms with Crippen LogP contribution in [0, 0.1) is 11.3 Å². The number of nitrogens with zero attached hydrogens (tertiary/aromatic N) is 2. The van der Waals surface area contributed by atoms with E-state index in [1.807, 2.05) is 24.1 Å². The first-order chi connectivity index (χ1) is 9.07. The van der Waals surface area contributed by atoms with Crippen molar-refractivity contribution in [2.24, 2.45) is 0 Å². The SMILES string of the molecule is CSc1cccc(N2CCSC(C)(C)CC2)c1C#N. The molecule has 0 amide bonds. The molecular formula is C15H20N2S2. The fourth-order valence-corrected chi connectivity index (χ4v) is 4.00. The molecule has 0 radical (unpaired) electrons. The Morgan fingerprint density at radius 3 is 2.84 bits per heavy atom. The first-order valence-electron chi connectivity index (χ1n) is 6.53. The van der Waals surface area contributed by atoms with Gasteiger partial charge in [0.1, 0.15) is 6.07 Å². The summed E-state index contributed by atoms with van der Waals surface area (Å²) < 4.78 is 0.346. The molecule has 1 heterocycles. The molecular weight excluding hydrogens is 272 g/mol. The van der Waals surface area contributed by atoms with Crippen LogP contribution >= 0.6 is 23.5 Å². The van der Waals surface area contributed by atoms with Crippen LogP contribution in [0.4, 0.5) is 5.69 Å². The van der Waals surface area contributed by atoms with Gasteiger partial charge in [0, 0.05) is 28.5 Å². The van der Waals surface area contributed by atoms with E-state index in [-0.39, 0.29) is 0 Å². The lowest BCUT2D eigenvalue weighted by Crippen LogP contribution is -2.27. The van der Waals surface area contributed by atoms with Gasteiger partial charge in [-0.15, -0.1) is 11.8 Å². The molecule has 0 unspecified atom stereocenters. The molecule has 0 spiro atoms. The van der Waals surface area contributed by atoms with Crippen LogP contribution in [0.2, 0.25) is 0 Å². The van der Waals surface area contributed by atoms with Crippen molar-refractivity contribution in [3.05, 3.63) is 23.8 Å². The molecule has 1 aliphatic rings. The predicted molar refractivity (Wildman–Crippen MR) is 86.3 cm³/mol. The smallest absolute Gasteiger partial charge is 0.103 e. The van der Waals surface area contributed by atoms with E-state index in [1.165, 1.54) is 0 Å². The number of benzene rings is 1. The molecule has 1 fully saturated rings. The Morgan fingerprint density at radius 1 is 1.37 bits per heavy atom. The van der Waals surface area contributed by atoms with E-state index in [4.69, 9.17) is 0 Å². The van der Waals surface area contributed by atoms with Crippen LogP contribution in [0.5, 0.6) is 0 Å². The summed E-state index contributed by atoms with van der Waals surface area (Å²) in [7, 11) is 0. The van der Waals surface area contributed by atoms with Gasteiger partial charge in [0.25, 0.3) is 0 Å². The molecule has 1 aromatic rings. The minimum Gasteiger partial charge on any atom is -0.370 e. The normalized spacial score (nSPS) is 18.7. The maximum Gasteiger partial charge on any atom is 0.103 e. The van der Waals surface area contributed by atoms with Gasteiger partial charge in [0.05, 0.1) is 11.3 Å².